The number of unbranched alkanes of at least 4 members (excludes halogenated alkanes) is 27. The van der Waals surface area contributed by atoms with Gasteiger partial charge >= 0.3 is 0 Å². The third-order valence-corrected chi connectivity index (χ3v) is 30.4. The van der Waals surface area contributed by atoms with Crippen LogP contribution >= 0.6 is 0 Å². The van der Waals surface area contributed by atoms with Gasteiger partial charge in [-0.3, -0.25) is 4.79 Å². The maximum atomic E-state index is 14.8. The molecular weight excluding hydrogens is 899 g/mol. The highest BCUT2D eigenvalue weighted by Gasteiger charge is 2.48. The lowest BCUT2D eigenvalue weighted by Gasteiger charge is -2.47. The van der Waals surface area contributed by atoms with Crippen LogP contribution < -0.4 is 5.32 Å². The molecule has 0 aliphatic heterocycles. The Morgan fingerprint density at radius 1 is 0.435 bits per heavy atom. The average molecular weight is 1030 g/mol. The molecule has 69 heavy (non-hydrogen) atoms. The Hall–Kier alpha value is -0.0394. The predicted molar refractivity (Wildman–Crippen MR) is 313 cm³/mol. The van der Waals surface area contributed by atoms with Crippen LogP contribution in [0.1, 0.15) is 289 Å². The van der Waals surface area contributed by atoms with Gasteiger partial charge in [0.25, 0.3) is 0 Å². The third kappa shape index (κ3) is 32.1. The van der Waals surface area contributed by atoms with E-state index >= 15 is 0 Å². The summed E-state index contributed by atoms with van der Waals surface area (Å²) in [5, 5.41) is 14.7. The first-order valence-electron chi connectivity index (χ1n) is 30.1. The van der Waals surface area contributed by atoms with Crippen molar-refractivity contribution in [3.8, 4) is 0 Å². The van der Waals surface area contributed by atoms with Gasteiger partial charge < -0.3 is 23.7 Å². The Morgan fingerprint density at radius 2 is 0.725 bits per heavy atom. The Bertz CT molecular complexity index is 1240. The molecule has 0 aromatic carbocycles. The molecule has 0 aromatic heterocycles. The van der Waals surface area contributed by atoms with Gasteiger partial charge in [-0.2, -0.15) is 0 Å². The minimum absolute atomic E-state index is 0.00789. The van der Waals surface area contributed by atoms with Gasteiger partial charge in [-0.05, 0) is 73.2 Å². The molecule has 0 aliphatic carbocycles. The fourth-order valence-corrected chi connectivity index (χ4v) is 12.8. The van der Waals surface area contributed by atoms with Crippen molar-refractivity contribution in [3.05, 3.63) is 0 Å². The molecule has 4 atom stereocenters. The second kappa shape index (κ2) is 36.8. The highest BCUT2D eigenvalue weighted by atomic mass is 28.4. The normalized spacial score (nSPS) is 15.2. The zero-order chi connectivity index (χ0) is 52.6. The van der Waals surface area contributed by atoms with Crippen LogP contribution in [0.2, 0.25) is 54.4 Å². The van der Waals surface area contributed by atoms with E-state index in [0.717, 1.165) is 38.0 Å². The Kier molecular flexibility index (Phi) is 36.8. The number of rotatable bonds is 44. The van der Waals surface area contributed by atoms with E-state index in [4.69, 9.17) is 13.3 Å². The first kappa shape index (κ1) is 69.0. The monoisotopic (exact) mass is 1030 g/mol. The highest BCUT2D eigenvalue weighted by Crippen LogP contribution is 2.42. The van der Waals surface area contributed by atoms with Gasteiger partial charge in [0.15, 0.2) is 25.0 Å². The molecule has 0 fully saturated rings. The minimum atomic E-state index is -2.37. The summed E-state index contributed by atoms with van der Waals surface area (Å²) in [5.74, 6) is 0.710. The summed E-state index contributed by atoms with van der Waals surface area (Å²) < 4.78 is 21.8. The van der Waals surface area contributed by atoms with Crippen LogP contribution in [0.25, 0.3) is 0 Å². The first-order chi connectivity index (χ1) is 32.1. The van der Waals surface area contributed by atoms with Gasteiger partial charge in [0.1, 0.15) is 6.10 Å². The second-order valence-corrected chi connectivity index (χ2v) is 41.4. The Morgan fingerprint density at radius 3 is 1.04 bits per heavy atom. The number of nitrogens with one attached hydrogen (secondary N) is 1. The van der Waals surface area contributed by atoms with Gasteiger partial charge in [0, 0.05) is 0 Å². The summed E-state index contributed by atoms with van der Waals surface area (Å²) in [6.45, 7) is 41.0. The SMILES string of the molecule is CCCCCCCCCCCCCCCCCCCCCC[C@H](O[Si](C)(C)C(C)(C)C)C(=O)N[C@@H](CO)[C@H](O[Si](C)(C)C(C)(C)C)[C@@H](CCCCCCCCCCCC(C)C)O[Si](C)(C)C(C)(C)C. The molecule has 9 heteroatoms. The van der Waals surface area contributed by atoms with E-state index in [1.165, 1.54) is 167 Å². The van der Waals surface area contributed by atoms with Crippen molar-refractivity contribution < 1.29 is 23.2 Å². The van der Waals surface area contributed by atoms with E-state index < -0.39 is 43.2 Å². The number of aliphatic hydroxyl groups excluding tert-OH is 1. The molecule has 0 rings (SSSR count). The molecular formula is C60H127NO5Si3. The number of hydrogen-bond acceptors (Lipinski definition) is 5. The molecule has 0 heterocycles. The molecule has 0 aliphatic rings. The Balaban J connectivity index is 5.76. The van der Waals surface area contributed by atoms with Crippen molar-refractivity contribution in [1.82, 2.24) is 5.32 Å². The average Bonchev–Trinajstić information content (AvgIpc) is 3.23. The first-order valence-corrected chi connectivity index (χ1v) is 38.8. The summed E-state index contributed by atoms with van der Waals surface area (Å²) in [7, 11) is -6.91. The number of carbonyl (C=O) groups excluding carboxylic acids is 1. The van der Waals surface area contributed by atoms with E-state index in [9.17, 15) is 9.90 Å². The van der Waals surface area contributed by atoms with Gasteiger partial charge in [-0.1, -0.05) is 276 Å². The summed E-state index contributed by atoms with van der Waals surface area (Å²) in [6.07, 6.45) is 40.2. The molecule has 0 saturated carbocycles. The standard InChI is InChI=1S/C60H127NO5Si3/c1-19-20-21-22-23-24-25-26-27-28-29-30-31-32-33-34-37-41-44-47-50-55(65-68(15,16)59(7,8)9)57(63)61-53(51-62)56(66-69(17,18)60(10,11)12)54(64-67(13,14)58(4,5)6)49-46-43-40-38-35-36-39-42-45-48-52(2)3/h52-56,62H,19-51H2,1-18H3,(H,61,63)/t53-,54+,55-,56-/m0/s1. The van der Waals surface area contributed by atoms with E-state index in [0.29, 0.717) is 6.42 Å². The topological polar surface area (TPSA) is 77.0 Å². The van der Waals surface area contributed by atoms with Crippen LogP contribution in [-0.4, -0.2) is 66.9 Å². The Labute approximate surface area is 437 Å². The van der Waals surface area contributed by atoms with Crippen molar-refractivity contribution in [2.45, 2.75) is 367 Å². The maximum absolute atomic E-state index is 14.8. The molecule has 0 unspecified atom stereocenters. The van der Waals surface area contributed by atoms with Crippen molar-refractivity contribution in [3.63, 3.8) is 0 Å². The largest absolute Gasteiger partial charge is 0.411 e. The van der Waals surface area contributed by atoms with Crippen molar-refractivity contribution in [1.29, 1.82) is 0 Å². The summed E-state index contributed by atoms with van der Waals surface area (Å²) in [6, 6.07) is -0.600. The maximum Gasteiger partial charge on any atom is 0.248 e. The second-order valence-electron chi connectivity index (χ2n) is 27.1. The van der Waals surface area contributed by atoms with Crippen LogP contribution in [0, 0.1) is 5.92 Å². The van der Waals surface area contributed by atoms with E-state index in [-0.39, 0.29) is 33.7 Å². The molecule has 414 valence electrons. The van der Waals surface area contributed by atoms with Crippen molar-refractivity contribution in [2.24, 2.45) is 5.92 Å². The lowest BCUT2D eigenvalue weighted by molar-refractivity contribution is -0.131. The quantitative estimate of drug-likeness (QED) is 0.0470. The molecule has 0 saturated heterocycles. The van der Waals surface area contributed by atoms with Crippen LogP contribution in [-0.2, 0) is 18.1 Å². The minimum Gasteiger partial charge on any atom is -0.411 e. The lowest BCUT2D eigenvalue weighted by Crippen LogP contribution is -2.61. The van der Waals surface area contributed by atoms with Gasteiger partial charge in [0.05, 0.1) is 24.9 Å². The van der Waals surface area contributed by atoms with E-state index in [2.05, 4.69) is 128 Å². The zero-order valence-corrected chi connectivity index (χ0v) is 53.3. The lowest BCUT2D eigenvalue weighted by atomic mass is 9.98. The number of carbonyl (C=O) groups is 1. The molecule has 0 spiro atoms. The summed E-state index contributed by atoms with van der Waals surface area (Å²) >= 11 is 0. The number of amides is 1. The van der Waals surface area contributed by atoms with E-state index in [1.54, 1.807) is 0 Å². The smallest absolute Gasteiger partial charge is 0.248 e. The molecule has 2 N–H and O–H groups in total. The molecule has 0 radical (unpaired) electrons. The van der Waals surface area contributed by atoms with Crippen LogP contribution in [0.5, 0.6) is 0 Å². The van der Waals surface area contributed by atoms with Gasteiger partial charge in [0.2, 0.25) is 5.91 Å². The van der Waals surface area contributed by atoms with Crippen LogP contribution in [0.15, 0.2) is 0 Å². The molecule has 6 nitrogen and oxygen atoms in total. The van der Waals surface area contributed by atoms with E-state index in [1.807, 2.05) is 0 Å². The summed E-state index contributed by atoms with van der Waals surface area (Å²) in [5.41, 5.74) is 0. The van der Waals surface area contributed by atoms with Crippen molar-refractivity contribution in [2.75, 3.05) is 6.61 Å². The van der Waals surface area contributed by atoms with Crippen molar-refractivity contribution >= 4 is 30.9 Å². The molecule has 0 aromatic rings. The number of aliphatic hydroxyl groups is 1. The third-order valence-electron chi connectivity index (χ3n) is 16.9. The fraction of sp³-hybridized carbons (Fsp3) is 0.983. The summed E-state index contributed by atoms with van der Waals surface area (Å²) in [4.78, 5) is 14.8. The van der Waals surface area contributed by atoms with Crippen LogP contribution in [0.4, 0.5) is 0 Å². The number of hydrogen-bond donors (Lipinski definition) is 2. The van der Waals surface area contributed by atoms with Gasteiger partial charge in [-0.15, -0.1) is 0 Å². The zero-order valence-electron chi connectivity index (χ0n) is 50.3. The molecule has 1 amide bonds. The highest BCUT2D eigenvalue weighted by molar-refractivity contribution is 6.75. The predicted octanol–water partition coefficient (Wildman–Crippen LogP) is 19.8. The molecule has 0 bridgehead atoms. The van der Waals surface area contributed by atoms with Crippen LogP contribution in [0.3, 0.4) is 0 Å². The van der Waals surface area contributed by atoms with Gasteiger partial charge in [-0.25, -0.2) is 0 Å². The fourth-order valence-electron chi connectivity index (χ4n) is 8.78.